The van der Waals surface area contributed by atoms with Crippen LogP contribution in [0.2, 0.25) is 5.02 Å². The van der Waals surface area contributed by atoms with Crippen molar-refractivity contribution in [1.82, 2.24) is 10.2 Å². The van der Waals surface area contributed by atoms with Crippen LogP contribution >= 0.6 is 11.6 Å². The highest BCUT2D eigenvalue weighted by molar-refractivity contribution is 6.34. The number of hydrogen-bond acceptors (Lipinski definition) is 4. The molecule has 0 saturated carbocycles. The van der Waals surface area contributed by atoms with Crippen LogP contribution < -0.4 is 10.6 Å². The first kappa shape index (κ1) is 31.9. The van der Waals surface area contributed by atoms with E-state index < -0.39 is 29.6 Å². The van der Waals surface area contributed by atoms with E-state index in [0.29, 0.717) is 28.6 Å². The summed E-state index contributed by atoms with van der Waals surface area (Å²) >= 11 is 6.43. The molecule has 2 unspecified atom stereocenters. The quantitative estimate of drug-likeness (QED) is 0.308. The smallest absolute Gasteiger partial charge is 0.408 e. The second kappa shape index (κ2) is 14.2. The normalized spacial score (nSPS) is 12.8. The van der Waals surface area contributed by atoms with Crippen LogP contribution in [-0.2, 0) is 14.3 Å². The van der Waals surface area contributed by atoms with Crippen LogP contribution in [0.1, 0.15) is 77.1 Å². The van der Waals surface area contributed by atoms with E-state index in [4.69, 9.17) is 16.3 Å². The maximum atomic E-state index is 14.0. The zero-order valence-electron chi connectivity index (χ0n) is 24.1. The van der Waals surface area contributed by atoms with Gasteiger partial charge in [0, 0.05) is 6.04 Å². The molecule has 3 amide bonds. The summed E-state index contributed by atoms with van der Waals surface area (Å²) in [5.41, 5.74) is 2.01. The SMILES string of the molecule is C=Cc1cccc(C(C(=O)Nc2c(C)cccc2Cl)N(C(=O)CNC(=O)OC(C)(C)C)C(C)CCC(C)C)c1. The Balaban J connectivity index is 2.54. The van der Waals surface area contributed by atoms with Gasteiger partial charge in [-0.2, -0.15) is 0 Å². The molecule has 2 N–H and O–H groups in total. The van der Waals surface area contributed by atoms with Crippen LogP contribution in [0.15, 0.2) is 49.0 Å². The van der Waals surface area contributed by atoms with E-state index in [1.165, 1.54) is 0 Å². The summed E-state index contributed by atoms with van der Waals surface area (Å²) in [6.45, 7) is 16.8. The van der Waals surface area contributed by atoms with Crippen molar-refractivity contribution in [3.05, 3.63) is 70.8 Å². The number of nitrogens with one attached hydrogen (secondary N) is 2. The lowest BCUT2D eigenvalue weighted by atomic mass is 9.97. The zero-order valence-corrected chi connectivity index (χ0v) is 24.9. The Morgan fingerprint density at radius 3 is 2.33 bits per heavy atom. The summed E-state index contributed by atoms with van der Waals surface area (Å²) in [4.78, 5) is 41.7. The molecule has 39 heavy (non-hydrogen) atoms. The number of aryl methyl sites for hydroxylation is 1. The first-order chi connectivity index (χ1) is 18.2. The van der Waals surface area contributed by atoms with Crippen LogP contribution in [0.25, 0.3) is 6.08 Å². The summed E-state index contributed by atoms with van der Waals surface area (Å²) < 4.78 is 5.31. The fourth-order valence-electron chi connectivity index (χ4n) is 4.19. The Morgan fingerprint density at radius 2 is 1.74 bits per heavy atom. The number of ether oxygens (including phenoxy) is 1. The first-order valence-electron chi connectivity index (χ1n) is 13.3. The van der Waals surface area contributed by atoms with Gasteiger partial charge in [0.1, 0.15) is 18.2 Å². The molecule has 2 rings (SSSR count). The second-order valence-electron chi connectivity index (χ2n) is 11.2. The Bertz CT molecular complexity index is 1150. The van der Waals surface area contributed by atoms with Gasteiger partial charge in [-0.1, -0.05) is 68.4 Å². The molecule has 0 bridgehead atoms. The van der Waals surface area contributed by atoms with Gasteiger partial charge in [-0.15, -0.1) is 0 Å². The summed E-state index contributed by atoms with van der Waals surface area (Å²) in [5.74, 6) is -0.405. The van der Waals surface area contributed by atoms with E-state index in [1.807, 2.05) is 50.2 Å². The standard InChI is InChI=1S/C31H42ClN3O4/c1-9-23-13-11-14-24(18-23)28(29(37)34-27-21(4)12-10-15-25(27)32)35(22(5)17-16-20(2)3)26(36)19-33-30(38)39-31(6,7)8/h9-15,18,20,22,28H,1,16-17,19H2,2-8H3,(H,33,38)(H,34,37). The highest BCUT2D eigenvalue weighted by Gasteiger charge is 2.35. The summed E-state index contributed by atoms with van der Waals surface area (Å²) in [6, 6.07) is 11.4. The molecule has 0 radical (unpaired) electrons. The van der Waals surface area contributed by atoms with Crippen LogP contribution in [0.5, 0.6) is 0 Å². The minimum atomic E-state index is -0.990. The highest BCUT2D eigenvalue weighted by atomic mass is 35.5. The van der Waals surface area contributed by atoms with Crippen molar-refractivity contribution in [2.75, 3.05) is 11.9 Å². The van der Waals surface area contributed by atoms with Crippen LogP contribution in [-0.4, -0.2) is 41.0 Å². The monoisotopic (exact) mass is 555 g/mol. The van der Waals surface area contributed by atoms with Gasteiger partial charge in [0.05, 0.1) is 10.7 Å². The van der Waals surface area contributed by atoms with Crippen molar-refractivity contribution < 1.29 is 19.1 Å². The second-order valence-corrected chi connectivity index (χ2v) is 11.6. The Labute approximate surface area is 237 Å². The van der Waals surface area contributed by atoms with Gasteiger partial charge in [0.15, 0.2) is 0 Å². The maximum absolute atomic E-state index is 14.0. The maximum Gasteiger partial charge on any atom is 0.408 e. The van der Waals surface area contributed by atoms with E-state index >= 15 is 0 Å². The first-order valence-corrected chi connectivity index (χ1v) is 13.7. The molecule has 0 spiro atoms. The van der Waals surface area contributed by atoms with Gasteiger partial charge >= 0.3 is 6.09 Å². The minimum Gasteiger partial charge on any atom is -0.444 e. The molecule has 0 aliphatic rings. The Kier molecular flexibility index (Phi) is 11.6. The number of anilines is 1. The number of alkyl carbamates (subject to hydrolysis) is 1. The molecular formula is C31H42ClN3O4. The Hall–Kier alpha value is -3.32. The number of carbonyl (C=O) groups excluding carboxylic acids is 3. The van der Waals surface area contributed by atoms with Crippen molar-refractivity contribution in [2.24, 2.45) is 5.92 Å². The number of rotatable bonds is 11. The molecule has 0 aliphatic carbocycles. The summed E-state index contributed by atoms with van der Waals surface area (Å²) in [5, 5.41) is 5.92. The van der Waals surface area contributed by atoms with Gasteiger partial charge in [0.2, 0.25) is 5.91 Å². The molecule has 0 aromatic heterocycles. The van der Waals surface area contributed by atoms with Crippen LogP contribution in [0, 0.1) is 12.8 Å². The van der Waals surface area contributed by atoms with E-state index in [2.05, 4.69) is 31.1 Å². The number of amides is 3. The fraction of sp³-hybridized carbons (Fsp3) is 0.452. The third kappa shape index (κ3) is 9.74. The van der Waals surface area contributed by atoms with Crippen LogP contribution in [0.3, 0.4) is 0 Å². The molecule has 2 atom stereocenters. The van der Waals surface area contributed by atoms with Crippen molar-refractivity contribution in [3.63, 3.8) is 0 Å². The van der Waals surface area contributed by atoms with Crippen molar-refractivity contribution in [2.45, 2.75) is 79.0 Å². The topological polar surface area (TPSA) is 87.7 Å². The number of carbonyl (C=O) groups is 3. The average molecular weight is 556 g/mol. The lowest BCUT2D eigenvalue weighted by Gasteiger charge is -2.37. The molecule has 2 aromatic rings. The molecule has 0 saturated heterocycles. The molecule has 0 heterocycles. The van der Waals surface area contributed by atoms with Gasteiger partial charge in [-0.3, -0.25) is 9.59 Å². The lowest BCUT2D eigenvalue weighted by molar-refractivity contribution is -0.140. The average Bonchev–Trinajstić information content (AvgIpc) is 2.85. The van der Waals surface area contributed by atoms with E-state index in [-0.39, 0.29) is 12.6 Å². The molecular weight excluding hydrogens is 514 g/mol. The number of para-hydroxylation sites is 1. The molecule has 2 aromatic carbocycles. The third-order valence-electron chi connectivity index (χ3n) is 6.17. The highest BCUT2D eigenvalue weighted by Crippen LogP contribution is 2.31. The van der Waals surface area contributed by atoms with Gasteiger partial charge in [0.25, 0.3) is 5.91 Å². The minimum absolute atomic E-state index is 0.309. The number of hydrogen-bond donors (Lipinski definition) is 2. The third-order valence-corrected chi connectivity index (χ3v) is 6.48. The summed E-state index contributed by atoms with van der Waals surface area (Å²) in [7, 11) is 0. The molecule has 0 aliphatic heterocycles. The molecule has 0 fully saturated rings. The number of benzene rings is 2. The Morgan fingerprint density at radius 1 is 1.08 bits per heavy atom. The van der Waals surface area contributed by atoms with Crippen molar-refractivity contribution in [3.8, 4) is 0 Å². The largest absolute Gasteiger partial charge is 0.444 e. The molecule has 212 valence electrons. The van der Waals surface area contributed by atoms with Gasteiger partial charge < -0.3 is 20.3 Å². The predicted octanol–water partition coefficient (Wildman–Crippen LogP) is 7.15. The predicted molar refractivity (Wildman–Crippen MR) is 159 cm³/mol. The number of nitrogens with zero attached hydrogens (tertiary/aromatic N) is 1. The number of halogens is 1. The fourth-order valence-corrected chi connectivity index (χ4v) is 4.46. The summed E-state index contributed by atoms with van der Waals surface area (Å²) in [6.07, 6.45) is 2.52. The van der Waals surface area contributed by atoms with Gasteiger partial charge in [-0.25, -0.2) is 4.79 Å². The van der Waals surface area contributed by atoms with E-state index in [1.54, 1.807) is 37.8 Å². The van der Waals surface area contributed by atoms with Crippen molar-refractivity contribution >= 4 is 41.3 Å². The van der Waals surface area contributed by atoms with Crippen molar-refractivity contribution in [1.29, 1.82) is 0 Å². The lowest BCUT2D eigenvalue weighted by Crippen LogP contribution is -2.50. The van der Waals surface area contributed by atoms with Gasteiger partial charge in [-0.05, 0) is 82.2 Å². The molecule has 8 heteroatoms. The zero-order chi connectivity index (χ0) is 29.3. The molecule has 7 nitrogen and oxygen atoms in total. The van der Waals surface area contributed by atoms with E-state index in [9.17, 15) is 14.4 Å². The van der Waals surface area contributed by atoms with E-state index in [0.717, 1.165) is 17.5 Å². The van der Waals surface area contributed by atoms with Crippen LogP contribution in [0.4, 0.5) is 10.5 Å².